The van der Waals surface area contributed by atoms with Gasteiger partial charge in [-0.1, -0.05) is 0 Å². The fourth-order valence-electron chi connectivity index (χ4n) is 1.18. The van der Waals surface area contributed by atoms with Gasteiger partial charge in [0.2, 0.25) is 0 Å². The molecule has 0 aliphatic carbocycles. The summed E-state index contributed by atoms with van der Waals surface area (Å²) in [5.41, 5.74) is 0. The SMILES string of the molecule is CON1CCC[C@@H]1C. The second-order valence-corrected chi connectivity index (χ2v) is 2.31. The lowest BCUT2D eigenvalue weighted by Gasteiger charge is -2.16. The molecule has 0 unspecified atom stereocenters. The molecule has 0 amide bonds. The van der Waals surface area contributed by atoms with E-state index in [-0.39, 0.29) is 0 Å². The smallest absolute Gasteiger partial charge is 0.0575 e. The molecule has 1 atom stereocenters. The Hall–Kier alpha value is -0.0800. The van der Waals surface area contributed by atoms with E-state index in [2.05, 4.69) is 6.92 Å². The van der Waals surface area contributed by atoms with Crippen LogP contribution in [-0.2, 0) is 4.84 Å². The standard InChI is InChI=1S/C6H13NO/c1-6-4-3-5-7(6)8-2/h6H,3-5H2,1-2H3/t6-/m0/s1. The quantitative estimate of drug-likeness (QED) is 0.506. The van der Waals surface area contributed by atoms with Crippen LogP contribution in [0.4, 0.5) is 0 Å². The van der Waals surface area contributed by atoms with Gasteiger partial charge in [-0.05, 0) is 19.8 Å². The predicted octanol–water partition coefficient (Wildman–Crippen LogP) is 1.03. The summed E-state index contributed by atoms with van der Waals surface area (Å²) in [5, 5.41) is 2.03. The molecule has 1 aliphatic rings. The van der Waals surface area contributed by atoms with Gasteiger partial charge in [-0.2, -0.15) is 5.06 Å². The molecule has 1 rings (SSSR count). The zero-order valence-electron chi connectivity index (χ0n) is 5.55. The first-order valence-corrected chi connectivity index (χ1v) is 3.15. The van der Waals surface area contributed by atoms with Crippen molar-refractivity contribution in [3.05, 3.63) is 0 Å². The first-order chi connectivity index (χ1) is 3.84. The van der Waals surface area contributed by atoms with Crippen LogP contribution < -0.4 is 0 Å². The minimum Gasteiger partial charge on any atom is -0.302 e. The highest BCUT2D eigenvalue weighted by molar-refractivity contribution is 4.67. The monoisotopic (exact) mass is 115 g/mol. The van der Waals surface area contributed by atoms with Gasteiger partial charge in [-0.15, -0.1) is 0 Å². The van der Waals surface area contributed by atoms with Crippen molar-refractivity contribution < 1.29 is 4.84 Å². The van der Waals surface area contributed by atoms with E-state index in [1.807, 2.05) is 5.06 Å². The average molecular weight is 115 g/mol. The van der Waals surface area contributed by atoms with Crippen molar-refractivity contribution in [3.63, 3.8) is 0 Å². The first kappa shape index (κ1) is 6.05. The fraction of sp³-hybridized carbons (Fsp3) is 1.00. The molecule has 0 bridgehead atoms. The molecule has 2 heteroatoms. The number of hydrogen-bond donors (Lipinski definition) is 0. The van der Waals surface area contributed by atoms with Crippen molar-refractivity contribution in [2.75, 3.05) is 13.7 Å². The lowest BCUT2D eigenvalue weighted by molar-refractivity contribution is -0.136. The molecule has 1 saturated heterocycles. The number of rotatable bonds is 1. The highest BCUT2D eigenvalue weighted by Gasteiger charge is 2.18. The van der Waals surface area contributed by atoms with Crippen molar-refractivity contribution in [2.24, 2.45) is 0 Å². The third kappa shape index (κ3) is 1.01. The Morgan fingerprint density at radius 1 is 1.62 bits per heavy atom. The van der Waals surface area contributed by atoms with Gasteiger partial charge >= 0.3 is 0 Å². The second kappa shape index (κ2) is 2.46. The van der Waals surface area contributed by atoms with Gasteiger partial charge in [0.05, 0.1) is 7.11 Å². The highest BCUT2D eigenvalue weighted by Crippen LogP contribution is 2.14. The summed E-state index contributed by atoms with van der Waals surface area (Å²) in [6.45, 7) is 3.30. The van der Waals surface area contributed by atoms with Crippen molar-refractivity contribution in [2.45, 2.75) is 25.8 Å². The van der Waals surface area contributed by atoms with E-state index in [4.69, 9.17) is 4.84 Å². The molecule has 0 radical (unpaired) electrons. The number of nitrogens with zero attached hydrogens (tertiary/aromatic N) is 1. The maximum Gasteiger partial charge on any atom is 0.0575 e. The summed E-state index contributed by atoms with van der Waals surface area (Å²) in [4.78, 5) is 5.06. The topological polar surface area (TPSA) is 12.5 Å². The maximum absolute atomic E-state index is 5.06. The Bertz CT molecular complexity index is 74.9. The van der Waals surface area contributed by atoms with Gasteiger partial charge in [-0.25, -0.2) is 0 Å². The predicted molar refractivity (Wildman–Crippen MR) is 32.4 cm³/mol. The lowest BCUT2D eigenvalue weighted by atomic mass is 10.3. The molecular weight excluding hydrogens is 102 g/mol. The van der Waals surface area contributed by atoms with E-state index < -0.39 is 0 Å². The number of hydrogen-bond acceptors (Lipinski definition) is 2. The second-order valence-electron chi connectivity index (χ2n) is 2.31. The zero-order valence-corrected chi connectivity index (χ0v) is 5.55. The molecular formula is C6H13NO. The van der Waals surface area contributed by atoms with Crippen molar-refractivity contribution in [3.8, 4) is 0 Å². The van der Waals surface area contributed by atoms with E-state index in [1.165, 1.54) is 12.8 Å². The van der Waals surface area contributed by atoms with E-state index >= 15 is 0 Å². The summed E-state index contributed by atoms with van der Waals surface area (Å²) < 4.78 is 0. The van der Waals surface area contributed by atoms with Crippen molar-refractivity contribution in [1.82, 2.24) is 5.06 Å². The molecule has 1 heterocycles. The molecule has 0 N–H and O–H groups in total. The van der Waals surface area contributed by atoms with Crippen molar-refractivity contribution in [1.29, 1.82) is 0 Å². The van der Waals surface area contributed by atoms with Crippen molar-refractivity contribution >= 4 is 0 Å². The summed E-state index contributed by atoms with van der Waals surface area (Å²) >= 11 is 0. The van der Waals surface area contributed by atoms with Crippen LogP contribution in [0.5, 0.6) is 0 Å². The Kier molecular flexibility index (Phi) is 1.86. The summed E-state index contributed by atoms with van der Waals surface area (Å²) in [7, 11) is 1.74. The first-order valence-electron chi connectivity index (χ1n) is 3.15. The summed E-state index contributed by atoms with van der Waals surface area (Å²) in [5.74, 6) is 0. The van der Waals surface area contributed by atoms with E-state index in [1.54, 1.807) is 7.11 Å². The molecule has 1 fully saturated rings. The molecule has 48 valence electrons. The summed E-state index contributed by atoms with van der Waals surface area (Å²) in [6, 6.07) is 0.639. The van der Waals surface area contributed by atoms with Crippen LogP contribution in [0.3, 0.4) is 0 Å². The van der Waals surface area contributed by atoms with Gasteiger partial charge < -0.3 is 4.84 Å². The Morgan fingerprint density at radius 3 is 2.62 bits per heavy atom. The van der Waals surface area contributed by atoms with Gasteiger partial charge in [0, 0.05) is 12.6 Å². The lowest BCUT2D eigenvalue weighted by Crippen LogP contribution is -2.25. The Balaban J connectivity index is 2.30. The van der Waals surface area contributed by atoms with Crippen LogP contribution in [0.1, 0.15) is 19.8 Å². The molecule has 0 saturated carbocycles. The number of hydroxylamine groups is 2. The van der Waals surface area contributed by atoms with Crippen LogP contribution >= 0.6 is 0 Å². The fourth-order valence-corrected chi connectivity index (χ4v) is 1.18. The Labute approximate surface area is 50.4 Å². The van der Waals surface area contributed by atoms with E-state index in [9.17, 15) is 0 Å². The van der Waals surface area contributed by atoms with Gasteiger partial charge in [0.25, 0.3) is 0 Å². The molecule has 2 nitrogen and oxygen atoms in total. The third-order valence-electron chi connectivity index (χ3n) is 1.73. The molecule has 8 heavy (non-hydrogen) atoms. The Morgan fingerprint density at radius 2 is 2.38 bits per heavy atom. The van der Waals surface area contributed by atoms with Gasteiger partial charge in [0.1, 0.15) is 0 Å². The van der Waals surface area contributed by atoms with E-state index in [0.29, 0.717) is 6.04 Å². The largest absolute Gasteiger partial charge is 0.302 e. The van der Waals surface area contributed by atoms with E-state index in [0.717, 1.165) is 6.54 Å². The highest BCUT2D eigenvalue weighted by atomic mass is 16.7. The minimum atomic E-state index is 0.639. The van der Waals surface area contributed by atoms with Gasteiger partial charge in [-0.3, -0.25) is 0 Å². The van der Waals surface area contributed by atoms with Crippen LogP contribution in [0.25, 0.3) is 0 Å². The molecule has 0 aromatic rings. The van der Waals surface area contributed by atoms with Crippen LogP contribution in [-0.4, -0.2) is 24.8 Å². The van der Waals surface area contributed by atoms with Crippen LogP contribution in [0.2, 0.25) is 0 Å². The average Bonchev–Trinajstić information content (AvgIpc) is 2.14. The maximum atomic E-state index is 5.06. The minimum absolute atomic E-state index is 0.639. The third-order valence-corrected chi connectivity index (χ3v) is 1.73. The zero-order chi connectivity index (χ0) is 5.98. The molecule has 0 spiro atoms. The summed E-state index contributed by atoms with van der Waals surface area (Å²) in [6.07, 6.45) is 2.57. The molecule has 0 aromatic heterocycles. The molecule has 1 aliphatic heterocycles. The van der Waals surface area contributed by atoms with Crippen LogP contribution in [0.15, 0.2) is 0 Å². The van der Waals surface area contributed by atoms with Gasteiger partial charge in [0.15, 0.2) is 0 Å². The normalized spacial score (nSPS) is 31.5. The molecule has 0 aromatic carbocycles. The van der Waals surface area contributed by atoms with Crippen LogP contribution in [0, 0.1) is 0 Å².